The average Bonchev–Trinajstić information content (AvgIpc) is 3.29. The summed E-state index contributed by atoms with van der Waals surface area (Å²) in [6.07, 6.45) is 0.216. The summed E-state index contributed by atoms with van der Waals surface area (Å²) in [7, 11) is 3.88. The summed E-state index contributed by atoms with van der Waals surface area (Å²) in [5, 5.41) is 5.12. The summed E-state index contributed by atoms with van der Waals surface area (Å²) < 4.78 is 0. The Morgan fingerprint density at radius 3 is 2.26 bits per heavy atom. The number of benzene rings is 2. The fourth-order valence-corrected chi connectivity index (χ4v) is 4.28. The van der Waals surface area contributed by atoms with Crippen LogP contribution in [0.3, 0.4) is 0 Å². The maximum atomic E-state index is 13.3. The molecule has 0 aliphatic carbocycles. The first kappa shape index (κ1) is 20.9. The van der Waals surface area contributed by atoms with Gasteiger partial charge >= 0.3 is 0 Å². The zero-order chi connectivity index (χ0) is 22.0. The van der Waals surface area contributed by atoms with Gasteiger partial charge in [-0.25, -0.2) is 4.98 Å². The molecule has 0 saturated heterocycles. The van der Waals surface area contributed by atoms with Crippen molar-refractivity contribution in [1.29, 1.82) is 0 Å². The minimum absolute atomic E-state index is 0.216. The molecule has 8 heteroatoms. The number of anilines is 1. The quantitative estimate of drug-likeness (QED) is 0.578. The van der Waals surface area contributed by atoms with Crippen LogP contribution in [-0.4, -0.2) is 52.6 Å². The molecule has 0 fully saturated rings. The molecule has 1 N–H and O–H groups in total. The van der Waals surface area contributed by atoms with Crippen molar-refractivity contribution in [2.75, 3.05) is 19.4 Å². The molecule has 2 heterocycles. The number of imide groups is 1. The van der Waals surface area contributed by atoms with Gasteiger partial charge in [-0.1, -0.05) is 42.5 Å². The zero-order valence-electron chi connectivity index (χ0n) is 17.2. The van der Waals surface area contributed by atoms with E-state index in [0.717, 1.165) is 16.2 Å². The maximum absolute atomic E-state index is 13.3. The molecular formula is C23H22N4O3S. The van der Waals surface area contributed by atoms with E-state index in [1.54, 1.807) is 24.3 Å². The molecule has 0 saturated carbocycles. The number of nitrogens with zero attached hydrogens (tertiary/aromatic N) is 3. The summed E-state index contributed by atoms with van der Waals surface area (Å²) in [5.41, 5.74) is 2.33. The molecule has 4 rings (SSSR count). The molecule has 3 amide bonds. The van der Waals surface area contributed by atoms with Crippen LogP contribution in [0.1, 0.15) is 32.0 Å². The smallest absolute Gasteiger partial charge is 0.262 e. The fraction of sp³-hybridized carbons (Fsp3) is 0.217. The number of aromatic nitrogens is 1. The van der Waals surface area contributed by atoms with Crippen LogP contribution >= 0.6 is 11.3 Å². The Morgan fingerprint density at radius 2 is 1.65 bits per heavy atom. The van der Waals surface area contributed by atoms with Gasteiger partial charge in [-0.15, -0.1) is 11.3 Å². The lowest BCUT2D eigenvalue weighted by Gasteiger charge is -2.25. The van der Waals surface area contributed by atoms with Gasteiger partial charge in [0.25, 0.3) is 11.8 Å². The predicted octanol–water partition coefficient (Wildman–Crippen LogP) is 3.05. The Bertz CT molecular complexity index is 1090. The topological polar surface area (TPSA) is 82.6 Å². The van der Waals surface area contributed by atoms with Gasteiger partial charge in [-0.05, 0) is 31.8 Å². The number of hydrogen-bond acceptors (Lipinski definition) is 6. The second-order valence-corrected chi connectivity index (χ2v) is 8.46. The first-order chi connectivity index (χ1) is 14.9. The molecule has 0 radical (unpaired) electrons. The van der Waals surface area contributed by atoms with Crippen molar-refractivity contribution < 1.29 is 14.4 Å². The van der Waals surface area contributed by atoms with E-state index >= 15 is 0 Å². The highest BCUT2D eigenvalue weighted by atomic mass is 32.1. The maximum Gasteiger partial charge on any atom is 0.262 e. The third kappa shape index (κ3) is 4.40. The monoisotopic (exact) mass is 434 g/mol. The highest BCUT2D eigenvalue weighted by Gasteiger charge is 2.42. The number of nitrogens with one attached hydrogen (secondary N) is 1. The largest absolute Gasteiger partial charge is 0.304 e. The second kappa shape index (κ2) is 8.79. The van der Waals surface area contributed by atoms with Crippen molar-refractivity contribution in [1.82, 2.24) is 14.8 Å². The third-order valence-electron chi connectivity index (χ3n) is 4.97. The molecule has 1 aromatic heterocycles. The lowest BCUT2D eigenvalue weighted by Crippen LogP contribution is -2.48. The average molecular weight is 435 g/mol. The van der Waals surface area contributed by atoms with E-state index < -0.39 is 23.8 Å². The van der Waals surface area contributed by atoms with Crippen LogP contribution in [0.25, 0.3) is 0 Å². The van der Waals surface area contributed by atoms with E-state index in [-0.39, 0.29) is 6.42 Å². The van der Waals surface area contributed by atoms with E-state index in [0.29, 0.717) is 22.8 Å². The van der Waals surface area contributed by atoms with E-state index in [1.807, 2.05) is 54.7 Å². The van der Waals surface area contributed by atoms with Crippen molar-refractivity contribution >= 4 is 34.2 Å². The van der Waals surface area contributed by atoms with Gasteiger partial charge in [0.15, 0.2) is 5.13 Å². The van der Waals surface area contributed by atoms with Gasteiger partial charge in [0.2, 0.25) is 5.91 Å². The van der Waals surface area contributed by atoms with E-state index in [9.17, 15) is 14.4 Å². The Hall–Kier alpha value is -3.36. The molecule has 3 aromatic rings. The summed E-state index contributed by atoms with van der Waals surface area (Å²) >= 11 is 1.32. The molecule has 31 heavy (non-hydrogen) atoms. The fourth-order valence-electron chi connectivity index (χ4n) is 3.58. The Morgan fingerprint density at radius 1 is 1.03 bits per heavy atom. The van der Waals surface area contributed by atoms with Crippen molar-refractivity contribution in [3.05, 3.63) is 82.4 Å². The van der Waals surface area contributed by atoms with Crippen molar-refractivity contribution in [2.45, 2.75) is 19.0 Å². The number of carbonyl (C=O) groups is 3. The molecule has 1 aliphatic rings. The number of fused-ring (bicyclic) bond motifs is 1. The summed E-state index contributed by atoms with van der Waals surface area (Å²) in [4.78, 5) is 46.8. The van der Waals surface area contributed by atoms with Gasteiger partial charge in [-0.2, -0.15) is 0 Å². The summed E-state index contributed by atoms with van der Waals surface area (Å²) in [6, 6.07) is 15.0. The Labute approximate surface area is 184 Å². The molecule has 0 spiro atoms. The number of amides is 3. The molecule has 0 bridgehead atoms. The van der Waals surface area contributed by atoms with E-state index in [1.165, 1.54) is 11.3 Å². The molecule has 7 nitrogen and oxygen atoms in total. The minimum Gasteiger partial charge on any atom is -0.304 e. The standard InChI is InChI=1S/C23H22N4O3S/c1-26(2)13-16-14-31-23(24-16)25-20(28)19(12-15-8-4-3-5-9-15)27-21(29)17-10-6-7-11-18(17)22(27)30/h3-11,14,19H,12-13H2,1-2H3,(H,24,25,28). The normalized spacial score (nSPS) is 14.1. The van der Waals surface area contributed by atoms with Crippen molar-refractivity contribution in [2.24, 2.45) is 0 Å². The zero-order valence-corrected chi connectivity index (χ0v) is 18.1. The number of thiazole rings is 1. The lowest BCUT2D eigenvalue weighted by molar-refractivity contribution is -0.119. The van der Waals surface area contributed by atoms with Gasteiger partial charge in [0, 0.05) is 18.3 Å². The summed E-state index contributed by atoms with van der Waals surface area (Å²) in [6.45, 7) is 0.651. The molecule has 2 aromatic carbocycles. The van der Waals surface area contributed by atoms with Crippen molar-refractivity contribution in [3.8, 4) is 0 Å². The van der Waals surface area contributed by atoms with E-state index in [4.69, 9.17) is 0 Å². The van der Waals surface area contributed by atoms with Crippen molar-refractivity contribution in [3.63, 3.8) is 0 Å². The van der Waals surface area contributed by atoms with Crippen LogP contribution in [0.15, 0.2) is 60.0 Å². The van der Waals surface area contributed by atoms with Crippen LogP contribution in [0, 0.1) is 0 Å². The molecule has 1 unspecified atom stereocenters. The van der Waals surface area contributed by atoms with Gasteiger partial charge in [0.05, 0.1) is 16.8 Å². The van der Waals surface area contributed by atoms with Gasteiger partial charge < -0.3 is 10.2 Å². The first-order valence-electron chi connectivity index (χ1n) is 9.85. The van der Waals surface area contributed by atoms with Gasteiger partial charge in [-0.3, -0.25) is 19.3 Å². The number of carbonyl (C=O) groups excluding carboxylic acids is 3. The van der Waals surface area contributed by atoms with Crippen LogP contribution in [0.2, 0.25) is 0 Å². The molecular weight excluding hydrogens is 412 g/mol. The molecule has 1 atom stereocenters. The van der Waals surface area contributed by atoms with E-state index in [2.05, 4.69) is 10.3 Å². The second-order valence-electron chi connectivity index (χ2n) is 7.60. The lowest BCUT2D eigenvalue weighted by atomic mass is 10.0. The molecule has 158 valence electrons. The first-order valence-corrected chi connectivity index (χ1v) is 10.7. The molecule has 1 aliphatic heterocycles. The van der Waals surface area contributed by atoms with Crippen LogP contribution < -0.4 is 5.32 Å². The number of rotatable bonds is 7. The summed E-state index contributed by atoms with van der Waals surface area (Å²) in [5.74, 6) is -1.35. The predicted molar refractivity (Wildman–Crippen MR) is 119 cm³/mol. The SMILES string of the molecule is CN(C)Cc1csc(NC(=O)C(Cc2ccccc2)N2C(=O)c3ccccc3C2=O)n1. The Kier molecular flexibility index (Phi) is 5.92. The van der Waals surface area contributed by atoms with Crippen LogP contribution in [0.5, 0.6) is 0 Å². The third-order valence-corrected chi connectivity index (χ3v) is 5.78. The van der Waals surface area contributed by atoms with Gasteiger partial charge in [0.1, 0.15) is 6.04 Å². The van der Waals surface area contributed by atoms with Crippen LogP contribution in [0.4, 0.5) is 5.13 Å². The highest BCUT2D eigenvalue weighted by Crippen LogP contribution is 2.27. The Balaban J connectivity index is 1.62. The highest BCUT2D eigenvalue weighted by molar-refractivity contribution is 7.13. The number of hydrogen-bond donors (Lipinski definition) is 1. The van der Waals surface area contributed by atoms with Crippen LogP contribution in [-0.2, 0) is 17.8 Å². The minimum atomic E-state index is -0.990.